The smallest absolute Gasteiger partial charge is 0.135 e. The SMILES string of the molecule is Cc1cc(-c2ccc(CNc3nccc4c3C=NCC(c3ccncc3)=C4)cc2)ccn1. The first kappa shape index (κ1) is 19.8. The minimum atomic E-state index is 0.633. The van der Waals surface area contributed by atoms with Gasteiger partial charge in [0.1, 0.15) is 5.82 Å². The maximum absolute atomic E-state index is 4.64. The zero-order chi connectivity index (χ0) is 21.8. The van der Waals surface area contributed by atoms with Gasteiger partial charge in [0.25, 0.3) is 0 Å². The first-order valence-corrected chi connectivity index (χ1v) is 10.6. The van der Waals surface area contributed by atoms with Gasteiger partial charge in [0, 0.05) is 48.8 Å². The minimum Gasteiger partial charge on any atom is -0.365 e. The lowest BCUT2D eigenvalue weighted by Gasteiger charge is -2.11. The molecule has 156 valence electrons. The molecule has 0 spiro atoms. The fourth-order valence-corrected chi connectivity index (χ4v) is 3.83. The fourth-order valence-electron chi connectivity index (χ4n) is 3.83. The Bertz CT molecular complexity index is 1290. The van der Waals surface area contributed by atoms with Crippen LogP contribution < -0.4 is 5.32 Å². The topological polar surface area (TPSA) is 63.1 Å². The van der Waals surface area contributed by atoms with Gasteiger partial charge < -0.3 is 5.32 Å². The summed E-state index contributed by atoms with van der Waals surface area (Å²) >= 11 is 0. The van der Waals surface area contributed by atoms with E-state index in [0.29, 0.717) is 13.1 Å². The molecule has 1 aliphatic heterocycles. The molecule has 5 nitrogen and oxygen atoms in total. The summed E-state index contributed by atoms with van der Waals surface area (Å²) in [7, 11) is 0. The number of hydrogen-bond donors (Lipinski definition) is 1. The second-order valence-corrected chi connectivity index (χ2v) is 7.77. The highest BCUT2D eigenvalue weighted by Gasteiger charge is 2.12. The number of nitrogens with zero attached hydrogens (tertiary/aromatic N) is 4. The second-order valence-electron chi connectivity index (χ2n) is 7.77. The molecule has 4 heterocycles. The number of aryl methyl sites for hydroxylation is 1. The van der Waals surface area contributed by atoms with Crippen molar-refractivity contribution in [3.05, 3.63) is 107 Å². The molecular formula is C27H23N5. The lowest BCUT2D eigenvalue weighted by atomic mass is 10.0. The summed E-state index contributed by atoms with van der Waals surface area (Å²) in [6.07, 6.45) is 11.4. The Labute approximate surface area is 187 Å². The number of aromatic nitrogens is 3. The van der Waals surface area contributed by atoms with Gasteiger partial charge in [0.2, 0.25) is 0 Å². The minimum absolute atomic E-state index is 0.633. The van der Waals surface area contributed by atoms with Gasteiger partial charge in [-0.15, -0.1) is 0 Å². The van der Waals surface area contributed by atoms with Gasteiger partial charge in [-0.25, -0.2) is 4.98 Å². The third-order valence-corrected chi connectivity index (χ3v) is 5.53. The molecule has 0 saturated carbocycles. The van der Waals surface area contributed by atoms with Gasteiger partial charge in [-0.2, -0.15) is 0 Å². The van der Waals surface area contributed by atoms with Crippen molar-refractivity contribution in [2.24, 2.45) is 4.99 Å². The van der Waals surface area contributed by atoms with Crippen LogP contribution >= 0.6 is 0 Å². The first-order valence-electron chi connectivity index (χ1n) is 10.6. The Morgan fingerprint density at radius 3 is 2.41 bits per heavy atom. The van der Waals surface area contributed by atoms with Gasteiger partial charge in [0.05, 0.1) is 6.54 Å². The van der Waals surface area contributed by atoms with Crippen LogP contribution in [0.5, 0.6) is 0 Å². The molecule has 4 aromatic rings. The van der Waals surface area contributed by atoms with E-state index in [-0.39, 0.29) is 0 Å². The number of rotatable bonds is 5. The monoisotopic (exact) mass is 417 g/mol. The molecule has 0 unspecified atom stereocenters. The number of nitrogens with one attached hydrogen (secondary N) is 1. The molecule has 5 heteroatoms. The summed E-state index contributed by atoms with van der Waals surface area (Å²) in [5, 5.41) is 3.49. The summed E-state index contributed by atoms with van der Waals surface area (Å²) in [5.41, 5.74) is 9.01. The normalized spacial score (nSPS) is 12.6. The standard InChI is InChI=1S/C27H23N5/c1-19-14-23(8-12-30-19)21-4-2-20(3-5-21)16-32-27-26-18-29-17-25(15-24(26)9-13-31-27)22-6-10-28-11-7-22/h2-15,18H,16-17H2,1H3,(H,31,32). The molecular weight excluding hydrogens is 394 g/mol. The van der Waals surface area contributed by atoms with Crippen LogP contribution in [-0.2, 0) is 6.54 Å². The van der Waals surface area contributed by atoms with Crippen LogP contribution in [0, 0.1) is 6.92 Å². The van der Waals surface area contributed by atoms with Gasteiger partial charge in [-0.1, -0.05) is 24.3 Å². The molecule has 1 aromatic carbocycles. The third-order valence-electron chi connectivity index (χ3n) is 5.53. The van der Waals surface area contributed by atoms with E-state index in [9.17, 15) is 0 Å². The molecule has 1 aliphatic rings. The maximum atomic E-state index is 4.64. The summed E-state index contributed by atoms with van der Waals surface area (Å²) in [4.78, 5) is 17.6. The van der Waals surface area contributed by atoms with Gasteiger partial charge >= 0.3 is 0 Å². The number of pyridine rings is 3. The van der Waals surface area contributed by atoms with E-state index in [0.717, 1.165) is 28.2 Å². The fraction of sp³-hybridized carbons (Fsp3) is 0.111. The van der Waals surface area contributed by atoms with E-state index >= 15 is 0 Å². The van der Waals surface area contributed by atoms with Crippen molar-refractivity contribution in [1.82, 2.24) is 15.0 Å². The van der Waals surface area contributed by atoms with Crippen molar-refractivity contribution >= 4 is 23.7 Å². The molecule has 1 N–H and O–H groups in total. The van der Waals surface area contributed by atoms with E-state index in [1.807, 2.05) is 62.2 Å². The van der Waals surface area contributed by atoms with Crippen LogP contribution in [0.25, 0.3) is 22.8 Å². The van der Waals surface area contributed by atoms with Gasteiger partial charge in [-0.05, 0) is 76.7 Å². The quantitative estimate of drug-likeness (QED) is 0.470. The van der Waals surface area contributed by atoms with Crippen molar-refractivity contribution < 1.29 is 0 Å². The van der Waals surface area contributed by atoms with Crippen molar-refractivity contribution in [3.8, 4) is 11.1 Å². The Hall–Kier alpha value is -4.12. The number of benzene rings is 1. The Morgan fingerprint density at radius 1 is 0.812 bits per heavy atom. The predicted molar refractivity (Wildman–Crippen MR) is 131 cm³/mol. The number of hydrogen-bond acceptors (Lipinski definition) is 5. The van der Waals surface area contributed by atoms with E-state index in [1.165, 1.54) is 22.3 Å². The average Bonchev–Trinajstić information content (AvgIpc) is 3.07. The molecule has 0 radical (unpaired) electrons. The van der Waals surface area contributed by atoms with Gasteiger partial charge in [-0.3, -0.25) is 15.0 Å². The highest BCUT2D eigenvalue weighted by molar-refractivity contribution is 5.97. The zero-order valence-electron chi connectivity index (χ0n) is 17.9. The number of anilines is 1. The zero-order valence-corrected chi connectivity index (χ0v) is 17.9. The van der Waals surface area contributed by atoms with Crippen molar-refractivity contribution in [1.29, 1.82) is 0 Å². The molecule has 5 rings (SSSR count). The lowest BCUT2D eigenvalue weighted by molar-refractivity contribution is 1.11. The summed E-state index contributed by atoms with van der Waals surface area (Å²) in [5.74, 6) is 0.840. The van der Waals surface area contributed by atoms with Crippen LogP contribution in [0.3, 0.4) is 0 Å². The van der Waals surface area contributed by atoms with Crippen LogP contribution in [0.1, 0.15) is 27.9 Å². The lowest BCUT2D eigenvalue weighted by Crippen LogP contribution is -2.05. The van der Waals surface area contributed by atoms with E-state index in [1.54, 1.807) is 0 Å². The van der Waals surface area contributed by atoms with Crippen LogP contribution in [-0.4, -0.2) is 27.7 Å². The van der Waals surface area contributed by atoms with Crippen molar-refractivity contribution in [2.45, 2.75) is 13.5 Å². The maximum Gasteiger partial charge on any atom is 0.135 e. The third kappa shape index (κ3) is 4.32. The van der Waals surface area contributed by atoms with Crippen LogP contribution in [0.4, 0.5) is 5.82 Å². The molecule has 0 amide bonds. The van der Waals surface area contributed by atoms with Crippen molar-refractivity contribution in [3.63, 3.8) is 0 Å². The largest absolute Gasteiger partial charge is 0.365 e. The van der Waals surface area contributed by atoms with Crippen LogP contribution in [0.15, 0.2) is 84.4 Å². The Kier molecular flexibility index (Phi) is 5.54. The molecule has 0 bridgehead atoms. The first-order chi connectivity index (χ1) is 15.8. The second kappa shape index (κ2) is 8.94. The molecule has 0 atom stereocenters. The highest BCUT2D eigenvalue weighted by Crippen LogP contribution is 2.26. The van der Waals surface area contributed by atoms with Crippen molar-refractivity contribution in [2.75, 3.05) is 11.9 Å². The van der Waals surface area contributed by atoms with E-state index in [2.05, 4.69) is 61.7 Å². The molecule has 3 aromatic heterocycles. The number of fused-ring (bicyclic) bond motifs is 1. The average molecular weight is 418 g/mol. The Balaban J connectivity index is 1.35. The number of aliphatic imine (C=N–C) groups is 1. The highest BCUT2D eigenvalue weighted by atomic mass is 15.0. The summed E-state index contributed by atoms with van der Waals surface area (Å²) < 4.78 is 0. The predicted octanol–water partition coefficient (Wildman–Crippen LogP) is 5.43. The summed E-state index contributed by atoms with van der Waals surface area (Å²) in [6.45, 7) is 3.33. The summed E-state index contributed by atoms with van der Waals surface area (Å²) in [6, 6.07) is 18.8. The molecule has 0 saturated heterocycles. The Morgan fingerprint density at radius 2 is 1.59 bits per heavy atom. The molecule has 0 aliphatic carbocycles. The van der Waals surface area contributed by atoms with E-state index in [4.69, 9.17) is 0 Å². The van der Waals surface area contributed by atoms with E-state index < -0.39 is 0 Å². The van der Waals surface area contributed by atoms with Gasteiger partial charge in [0.15, 0.2) is 0 Å². The molecule has 0 fully saturated rings. The van der Waals surface area contributed by atoms with Crippen LogP contribution in [0.2, 0.25) is 0 Å². The molecule has 32 heavy (non-hydrogen) atoms.